The van der Waals surface area contributed by atoms with Gasteiger partial charge >= 0.3 is 0 Å². The van der Waals surface area contributed by atoms with E-state index in [0.29, 0.717) is 42.3 Å². The number of anilines is 2. The summed E-state index contributed by atoms with van der Waals surface area (Å²) in [5, 5.41) is 5.76. The number of hydrogen-bond donors (Lipinski definition) is 2. The number of rotatable bonds is 9. The molecule has 0 saturated heterocycles. The molecule has 0 spiro atoms. The highest BCUT2D eigenvalue weighted by molar-refractivity contribution is 6.07. The fourth-order valence-electron chi connectivity index (χ4n) is 2.94. The summed E-state index contributed by atoms with van der Waals surface area (Å²) < 4.78 is 11.4. The minimum atomic E-state index is -0.290. The van der Waals surface area contributed by atoms with Crippen molar-refractivity contribution in [1.29, 1.82) is 0 Å². The van der Waals surface area contributed by atoms with E-state index in [-0.39, 0.29) is 11.8 Å². The molecule has 2 amide bonds. The maximum atomic E-state index is 12.9. The Morgan fingerprint density at radius 1 is 0.774 bits per heavy atom. The maximum Gasteiger partial charge on any atom is 0.259 e. The van der Waals surface area contributed by atoms with Crippen molar-refractivity contribution in [3.8, 4) is 11.5 Å². The molecule has 3 rings (SSSR count). The topological polar surface area (TPSA) is 76.7 Å². The van der Waals surface area contributed by atoms with Gasteiger partial charge in [0.25, 0.3) is 5.91 Å². The molecular formula is C25H26N2O4. The lowest BCUT2D eigenvalue weighted by molar-refractivity contribution is -0.115. The molecule has 0 aliphatic heterocycles. The Morgan fingerprint density at radius 2 is 1.42 bits per heavy atom. The molecule has 31 heavy (non-hydrogen) atoms. The third kappa shape index (κ3) is 6.09. The number of para-hydroxylation sites is 2. The highest BCUT2D eigenvalue weighted by Gasteiger charge is 2.15. The van der Waals surface area contributed by atoms with Gasteiger partial charge in [-0.2, -0.15) is 0 Å². The van der Waals surface area contributed by atoms with E-state index in [1.54, 1.807) is 37.3 Å². The number of carbonyl (C=O) groups excluding carboxylic acids is 2. The van der Waals surface area contributed by atoms with Crippen LogP contribution < -0.4 is 20.1 Å². The average Bonchev–Trinajstić information content (AvgIpc) is 2.80. The molecule has 0 saturated carbocycles. The molecule has 2 N–H and O–H groups in total. The highest BCUT2D eigenvalue weighted by Crippen LogP contribution is 2.26. The third-order valence-electron chi connectivity index (χ3n) is 4.66. The fraction of sp³-hybridized carbons (Fsp3) is 0.200. The molecule has 0 aromatic heterocycles. The minimum Gasteiger partial charge on any atom is -0.490 e. The van der Waals surface area contributed by atoms with Crippen molar-refractivity contribution in [2.24, 2.45) is 0 Å². The summed E-state index contributed by atoms with van der Waals surface area (Å²) >= 11 is 0. The summed E-state index contributed by atoms with van der Waals surface area (Å²) in [4.78, 5) is 24.6. The van der Waals surface area contributed by atoms with Gasteiger partial charge in [0, 0.05) is 17.8 Å². The van der Waals surface area contributed by atoms with E-state index in [9.17, 15) is 9.59 Å². The first-order chi connectivity index (χ1) is 15.1. The number of hydrogen-bond acceptors (Lipinski definition) is 4. The van der Waals surface area contributed by atoms with E-state index in [1.165, 1.54) is 0 Å². The number of amides is 2. The Hall–Kier alpha value is -3.80. The smallest absolute Gasteiger partial charge is 0.259 e. The number of benzene rings is 3. The maximum absolute atomic E-state index is 12.9. The molecule has 0 fully saturated rings. The summed E-state index contributed by atoms with van der Waals surface area (Å²) in [6.07, 6.45) is 0.384. The molecule has 6 heteroatoms. The first kappa shape index (κ1) is 21.9. The number of ether oxygens (including phenoxy) is 2. The van der Waals surface area contributed by atoms with Gasteiger partial charge in [-0.15, -0.1) is 0 Å². The van der Waals surface area contributed by atoms with Crippen molar-refractivity contribution in [2.45, 2.75) is 20.3 Å². The molecule has 0 bridgehead atoms. The molecule has 0 atom stereocenters. The normalized spacial score (nSPS) is 10.3. The zero-order valence-corrected chi connectivity index (χ0v) is 17.7. The zero-order chi connectivity index (χ0) is 22.1. The summed E-state index contributed by atoms with van der Waals surface area (Å²) in [6, 6.07) is 21.9. The van der Waals surface area contributed by atoms with Gasteiger partial charge in [-0.1, -0.05) is 43.3 Å². The van der Waals surface area contributed by atoms with E-state index in [2.05, 4.69) is 10.6 Å². The lowest BCUT2D eigenvalue weighted by Gasteiger charge is -2.15. The fourth-order valence-corrected chi connectivity index (χ4v) is 2.94. The van der Waals surface area contributed by atoms with E-state index < -0.39 is 0 Å². The molecule has 0 aliphatic rings. The minimum absolute atomic E-state index is 0.0805. The Balaban J connectivity index is 1.64. The van der Waals surface area contributed by atoms with Crippen LogP contribution >= 0.6 is 0 Å². The van der Waals surface area contributed by atoms with Crippen LogP contribution in [0.15, 0.2) is 72.8 Å². The third-order valence-corrected chi connectivity index (χ3v) is 4.66. The largest absolute Gasteiger partial charge is 0.490 e. The van der Waals surface area contributed by atoms with Crippen LogP contribution in [0.4, 0.5) is 11.4 Å². The van der Waals surface area contributed by atoms with E-state index in [4.69, 9.17) is 9.47 Å². The Labute approximate surface area is 182 Å². The molecular weight excluding hydrogens is 392 g/mol. The van der Waals surface area contributed by atoms with Crippen LogP contribution in [0.3, 0.4) is 0 Å². The predicted octanol–water partition coefficient (Wildman–Crippen LogP) is 5.05. The van der Waals surface area contributed by atoms with Crippen molar-refractivity contribution in [2.75, 3.05) is 23.8 Å². The van der Waals surface area contributed by atoms with Gasteiger partial charge in [-0.05, 0) is 48.9 Å². The molecule has 0 heterocycles. The quantitative estimate of drug-likeness (QED) is 0.477. The molecule has 160 valence electrons. The van der Waals surface area contributed by atoms with Gasteiger partial charge in [0.1, 0.15) is 24.7 Å². The number of nitrogens with one attached hydrogen (secondary N) is 2. The predicted molar refractivity (Wildman–Crippen MR) is 122 cm³/mol. The van der Waals surface area contributed by atoms with Gasteiger partial charge in [0.05, 0.1) is 5.56 Å². The van der Waals surface area contributed by atoms with E-state index >= 15 is 0 Å². The van der Waals surface area contributed by atoms with E-state index in [0.717, 1.165) is 11.3 Å². The SMILES string of the molecule is CCC(=O)Nc1cccc(NC(=O)c2ccccc2OCCOc2ccccc2)c1C. The Morgan fingerprint density at radius 3 is 2.16 bits per heavy atom. The van der Waals surface area contributed by atoms with Gasteiger partial charge in [0.2, 0.25) is 5.91 Å². The van der Waals surface area contributed by atoms with Gasteiger partial charge in [-0.25, -0.2) is 0 Å². The Kier molecular flexibility index (Phi) is 7.65. The van der Waals surface area contributed by atoms with Crippen LogP contribution in [-0.4, -0.2) is 25.0 Å². The van der Waals surface area contributed by atoms with E-state index in [1.807, 2.05) is 49.4 Å². The first-order valence-electron chi connectivity index (χ1n) is 10.2. The van der Waals surface area contributed by atoms with Crippen molar-refractivity contribution in [1.82, 2.24) is 0 Å². The van der Waals surface area contributed by atoms with Gasteiger partial charge in [0.15, 0.2) is 0 Å². The van der Waals surface area contributed by atoms with Crippen LogP contribution in [0, 0.1) is 6.92 Å². The van der Waals surface area contributed by atoms with Crippen molar-refractivity contribution in [3.05, 3.63) is 83.9 Å². The van der Waals surface area contributed by atoms with Crippen LogP contribution in [0.1, 0.15) is 29.3 Å². The van der Waals surface area contributed by atoms with Crippen LogP contribution in [0.2, 0.25) is 0 Å². The van der Waals surface area contributed by atoms with Crippen molar-refractivity contribution < 1.29 is 19.1 Å². The number of carbonyl (C=O) groups is 2. The second-order valence-electron chi connectivity index (χ2n) is 6.84. The van der Waals surface area contributed by atoms with Gasteiger partial charge < -0.3 is 20.1 Å². The van der Waals surface area contributed by atoms with Crippen LogP contribution in [-0.2, 0) is 4.79 Å². The average molecular weight is 418 g/mol. The Bertz CT molecular complexity index is 1030. The molecule has 3 aromatic rings. The monoisotopic (exact) mass is 418 g/mol. The summed E-state index contributed by atoms with van der Waals surface area (Å²) in [6.45, 7) is 4.30. The second kappa shape index (κ2) is 10.8. The summed E-state index contributed by atoms with van der Waals surface area (Å²) in [7, 11) is 0. The molecule has 0 radical (unpaired) electrons. The highest BCUT2D eigenvalue weighted by atomic mass is 16.5. The molecule has 0 unspecified atom stereocenters. The molecule has 3 aromatic carbocycles. The van der Waals surface area contributed by atoms with Gasteiger partial charge in [-0.3, -0.25) is 9.59 Å². The lowest BCUT2D eigenvalue weighted by atomic mass is 10.1. The molecule has 0 aliphatic carbocycles. The van der Waals surface area contributed by atoms with Crippen LogP contribution in [0.5, 0.6) is 11.5 Å². The molecule has 6 nitrogen and oxygen atoms in total. The first-order valence-corrected chi connectivity index (χ1v) is 10.2. The van der Waals surface area contributed by atoms with Crippen LogP contribution in [0.25, 0.3) is 0 Å². The van der Waals surface area contributed by atoms with Crippen molar-refractivity contribution >= 4 is 23.2 Å². The zero-order valence-electron chi connectivity index (χ0n) is 17.7. The van der Waals surface area contributed by atoms with Crippen molar-refractivity contribution in [3.63, 3.8) is 0 Å². The second-order valence-corrected chi connectivity index (χ2v) is 6.84. The lowest BCUT2D eigenvalue weighted by Crippen LogP contribution is -2.17. The summed E-state index contributed by atoms with van der Waals surface area (Å²) in [5.41, 5.74) is 2.50. The summed E-state index contributed by atoms with van der Waals surface area (Å²) in [5.74, 6) is 0.872. The standard InChI is InChI=1S/C25H26N2O4/c1-3-24(28)26-21-13-9-14-22(18(21)2)27-25(29)20-12-7-8-15-23(20)31-17-16-30-19-10-5-4-6-11-19/h4-15H,3,16-17H2,1-2H3,(H,26,28)(H,27,29).